The van der Waals surface area contributed by atoms with E-state index >= 15 is 0 Å². The van der Waals surface area contributed by atoms with E-state index in [0.29, 0.717) is 11.4 Å². The Balaban J connectivity index is 1.15. The van der Waals surface area contributed by atoms with E-state index in [1.807, 2.05) is 54.2 Å². The molecule has 52 heavy (non-hydrogen) atoms. The van der Waals surface area contributed by atoms with Crippen molar-refractivity contribution in [2.75, 3.05) is 0 Å². The van der Waals surface area contributed by atoms with Gasteiger partial charge in [0.2, 0.25) is 0 Å². The highest BCUT2D eigenvalue weighted by Crippen LogP contribution is 2.62. The summed E-state index contributed by atoms with van der Waals surface area (Å²) < 4.78 is 0. The smallest absolute Gasteiger partial charge is 0.160 e. The second-order valence-electron chi connectivity index (χ2n) is 13.3. The Morgan fingerprint density at radius 2 is 0.962 bits per heavy atom. The van der Waals surface area contributed by atoms with Crippen molar-refractivity contribution in [3.8, 4) is 62.2 Å². The van der Waals surface area contributed by atoms with Crippen molar-refractivity contribution in [3.63, 3.8) is 0 Å². The van der Waals surface area contributed by atoms with Gasteiger partial charge in [0.1, 0.15) is 0 Å². The number of hydrogen-bond donors (Lipinski definition) is 0. The van der Waals surface area contributed by atoms with Crippen LogP contribution in [-0.2, 0) is 5.41 Å². The lowest BCUT2D eigenvalue weighted by Crippen LogP contribution is -2.31. The molecular weight excluding hydrogens is 651 g/mol. The summed E-state index contributed by atoms with van der Waals surface area (Å²) in [5, 5.41) is 10.0. The lowest BCUT2D eigenvalue weighted by atomic mass is 9.67. The summed E-state index contributed by atoms with van der Waals surface area (Å²) in [5.41, 5.74) is 14.5. The molecule has 8 aromatic rings. The molecule has 2 aliphatic rings. The predicted molar refractivity (Wildman–Crippen MR) is 210 cm³/mol. The highest BCUT2D eigenvalue weighted by atomic mass is 32.2. The van der Waals surface area contributed by atoms with Crippen LogP contribution in [0.2, 0.25) is 0 Å². The van der Waals surface area contributed by atoms with E-state index in [1.54, 1.807) is 0 Å². The maximum Gasteiger partial charge on any atom is 0.160 e. The van der Waals surface area contributed by atoms with Crippen molar-refractivity contribution in [2.45, 2.75) is 15.2 Å². The first-order valence-corrected chi connectivity index (χ1v) is 18.2. The van der Waals surface area contributed by atoms with Gasteiger partial charge < -0.3 is 0 Å². The summed E-state index contributed by atoms with van der Waals surface area (Å²) in [7, 11) is 0. The Hall–Kier alpha value is -6.54. The van der Waals surface area contributed by atoms with Gasteiger partial charge in [0.05, 0.1) is 28.4 Å². The standard InChI is InChI=1S/C48H29N3S/c49-30-31-22-24-39-37(26-31)38-28-35(23-25-40(38)48(39)41-18-7-9-20-45(41)52-46-21-10-8-19-42(46)48)34-16-11-17-36(27-34)44-29-43(32-12-3-1-4-13-32)50-47(51-44)33-14-5-2-6-15-33/h1-29H. The van der Waals surface area contributed by atoms with Gasteiger partial charge in [0.25, 0.3) is 0 Å². The van der Waals surface area contributed by atoms with Gasteiger partial charge in [-0.3, -0.25) is 0 Å². The Morgan fingerprint density at radius 3 is 1.65 bits per heavy atom. The Labute approximate surface area is 307 Å². The van der Waals surface area contributed by atoms with Gasteiger partial charge in [-0.05, 0) is 87.0 Å². The molecule has 0 atom stereocenters. The number of nitrogens with zero attached hydrogens (tertiary/aromatic N) is 3. The van der Waals surface area contributed by atoms with E-state index in [2.05, 4.69) is 140 Å². The molecule has 0 saturated carbocycles. The molecule has 0 fully saturated rings. The van der Waals surface area contributed by atoms with Crippen molar-refractivity contribution in [1.82, 2.24) is 9.97 Å². The molecule has 7 aromatic carbocycles. The normalized spacial score (nSPS) is 13.1. The third-order valence-corrected chi connectivity index (χ3v) is 11.5. The zero-order chi connectivity index (χ0) is 34.6. The molecule has 0 amide bonds. The molecule has 2 heterocycles. The second-order valence-corrected chi connectivity index (χ2v) is 14.3. The van der Waals surface area contributed by atoms with Crippen LogP contribution in [0, 0.1) is 11.3 Å². The van der Waals surface area contributed by atoms with E-state index < -0.39 is 5.41 Å². The molecule has 1 aromatic heterocycles. The largest absolute Gasteiger partial charge is 0.228 e. The highest BCUT2D eigenvalue weighted by molar-refractivity contribution is 7.99. The molecule has 10 rings (SSSR count). The third kappa shape index (κ3) is 4.67. The highest BCUT2D eigenvalue weighted by Gasteiger charge is 2.50. The molecule has 0 bridgehead atoms. The van der Waals surface area contributed by atoms with Gasteiger partial charge >= 0.3 is 0 Å². The van der Waals surface area contributed by atoms with E-state index in [4.69, 9.17) is 9.97 Å². The molecule has 0 N–H and O–H groups in total. The SMILES string of the molecule is N#Cc1ccc2c(c1)-c1cc(-c3cccc(-c4cc(-c5ccccc5)nc(-c5ccccc5)n4)c3)ccc1C21c2ccccc2Sc2ccccc21. The van der Waals surface area contributed by atoms with Crippen LogP contribution in [0.15, 0.2) is 186 Å². The van der Waals surface area contributed by atoms with Crippen LogP contribution in [-0.4, -0.2) is 9.97 Å². The minimum atomic E-state index is -0.486. The zero-order valence-electron chi connectivity index (χ0n) is 28.0. The lowest BCUT2D eigenvalue weighted by molar-refractivity contribution is 0.722. The molecule has 4 heteroatoms. The fourth-order valence-electron chi connectivity index (χ4n) is 8.08. The Bertz CT molecular complexity index is 2630. The Morgan fingerprint density at radius 1 is 0.423 bits per heavy atom. The summed E-state index contributed by atoms with van der Waals surface area (Å²) in [5.74, 6) is 0.696. The van der Waals surface area contributed by atoms with E-state index in [0.717, 1.165) is 50.3 Å². The Kier molecular flexibility index (Phi) is 7.02. The van der Waals surface area contributed by atoms with Crippen molar-refractivity contribution < 1.29 is 0 Å². The molecule has 3 nitrogen and oxygen atoms in total. The number of rotatable bonds is 4. The third-order valence-electron chi connectivity index (χ3n) is 10.4. The van der Waals surface area contributed by atoms with Gasteiger partial charge in [0, 0.05) is 26.5 Å². The number of hydrogen-bond acceptors (Lipinski definition) is 4. The summed E-state index contributed by atoms with van der Waals surface area (Å²) in [6.45, 7) is 0. The fraction of sp³-hybridized carbons (Fsp3) is 0.0208. The minimum absolute atomic E-state index is 0.486. The van der Waals surface area contributed by atoms with E-state index in [-0.39, 0.29) is 0 Å². The first kappa shape index (κ1) is 30.3. The second kappa shape index (κ2) is 12.1. The molecule has 0 radical (unpaired) electrons. The van der Waals surface area contributed by atoms with Crippen LogP contribution in [0.1, 0.15) is 27.8 Å². The predicted octanol–water partition coefficient (Wildman–Crippen LogP) is 11.8. The monoisotopic (exact) mass is 679 g/mol. The summed E-state index contributed by atoms with van der Waals surface area (Å²) in [6, 6.07) is 64.3. The first-order chi connectivity index (χ1) is 25.7. The van der Waals surface area contributed by atoms with Gasteiger partial charge in [-0.1, -0.05) is 145 Å². The van der Waals surface area contributed by atoms with Crippen LogP contribution in [0.3, 0.4) is 0 Å². The molecule has 1 aliphatic heterocycles. The molecular formula is C48H29N3S. The maximum absolute atomic E-state index is 10.0. The molecule has 1 aliphatic carbocycles. The van der Waals surface area contributed by atoms with Crippen molar-refractivity contribution >= 4 is 11.8 Å². The first-order valence-electron chi connectivity index (χ1n) is 17.4. The number of benzene rings is 7. The van der Waals surface area contributed by atoms with Gasteiger partial charge in [-0.2, -0.15) is 5.26 Å². The number of aromatic nitrogens is 2. The molecule has 0 saturated heterocycles. The summed E-state index contributed by atoms with van der Waals surface area (Å²) in [6.07, 6.45) is 0. The number of fused-ring (bicyclic) bond motifs is 9. The minimum Gasteiger partial charge on any atom is -0.228 e. The zero-order valence-corrected chi connectivity index (χ0v) is 28.8. The molecule has 242 valence electrons. The van der Waals surface area contributed by atoms with Crippen LogP contribution in [0.4, 0.5) is 0 Å². The topological polar surface area (TPSA) is 49.6 Å². The van der Waals surface area contributed by atoms with Crippen LogP contribution in [0.5, 0.6) is 0 Å². The van der Waals surface area contributed by atoms with E-state index in [9.17, 15) is 5.26 Å². The maximum atomic E-state index is 10.0. The van der Waals surface area contributed by atoms with Crippen molar-refractivity contribution in [3.05, 3.63) is 204 Å². The van der Waals surface area contributed by atoms with Crippen LogP contribution in [0.25, 0.3) is 56.2 Å². The summed E-state index contributed by atoms with van der Waals surface area (Å²) >= 11 is 1.84. The van der Waals surface area contributed by atoms with Crippen LogP contribution < -0.4 is 0 Å². The van der Waals surface area contributed by atoms with Gasteiger partial charge in [-0.15, -0.1) is 0 Å². The van der Waals surface area contributed by atoms with Crippen molar-refractivity contribution in [2.24, 2.45) is 0 Å². The average Bonchev–Trinajstić information content (AvgIpc) is 3.50. The quantitative estimate of drug-likeness (QED) is 0.186. The average molecular weight is 680 g/mol. The van der Waals surface area contributed by atoms with Crippen molar-refractivity contribution in [1.29, 1.82) is 5.26 Å². The molecule has 1 spiro atoms. The summed E-state index contributed by atoms with van der Waals surface area (Å²) in [4.78, 5) is 12.6. The fourth-order valence-corrected chi connectivity index (χ4v) is 9.28. The lowest BCUT2D eigenvalue weighted by Gasteiger charge is -2.39. The van der Waals surface area contributed by atoms with Gasteiger partial charge in [-0.25, -0.2) is 9.97 Å². The van der Waals surface area contributed by atoms with Crippen LogP contribution >= 0.6 is 11.8 Å². The van der Waals surface area contributed by atoms with Gasteiger partial charge in [0.15, 0.2) is 5.82 Å². The molecule has 0 unspecified atom stereocenters. The number of nitriles is 1. The van der Waals surface area contributed by atoms with E-state index in [1.165, 1.54) is 32.0 Å².